The molecule has 0 saturated carbocycles. The van der Waals surface area contributed by atoms with E-state index in [1.165, 1.54) is 6.07 Å². The van der Waals surface area contributed by atoms with Crippen molar-refractivity contribution in [3.63, 3.8) is 0 Å². The number of ether oxygens (including phenoxy) is 2. The van der Waals surface area contributed by atoms with E-state index in [9.17, 15) is 8.78 Å². The third-order valence-electron chi connectivity index (χ3n) is 2.88. The van der Waals surface area contributed by atoms with Crippen LogP contribution in [0.5, 0.6) is 11.5 Å². The molecule has 0 bridgehead atoms. The molecule has 5 nitrogen and oxygen atoms in total. The fraction of sp³-hybridized carbons (Fsp3) is 0.500. The quantitative estimate of drug-likeness (QED) is 0.686. The van der Waals surface area contributed by atoms with E-state index in [4.69, 9.17) is 4.74 Å². The molecule has 1 aromatic rings. The number of guanidine groups is 1. The average molecular weight is 427 g/mol. The van der Waals surface area contributed by atoms with Crippen LogP contribution in [-0.4, -0.2) is 32.3 Å². The van der Waals surface area contributed by atoms with Crippen LogP contribution < -0.4 is 20.1 Å². The van der Waals surface area contributed by atoms with E-state index >= 15 is 0 Å². The van der Waals surface area contributed by atoms with Gasteiger partial charge >= 0.3 is 6.61 Å². The van der Waals surface area contributed by atoms with Gasteiger partial charge < -0.3 is 20.1 Å². The number of halogens is 3. The lowest BCUT2D eigenvalue weighted by molar-refractivity contribution is -0.0514. The van der Waals surface area contributed by atoms with Crippen LogP contribution in [0.1, 0.15) is 18.9 Å². The molecule has 0 aliphatic carbocycles. The number of aliphatic imine (C=N–C) groups is 1. The van der Waals surface area contributed by atoms with E-state index in [1.54, 1.807) is 19.1 Å². The number of alkyl halides is 2. The van der Waals surface area contributed by atoms with Crippen molar-refractivity contribution in [1.29, 1.82) is 0 Å². The first-order chi connectivity index (χ1) is 10.2. The molecule has 0 amide bonds. The second kappa shape index (κ2) is 9.65. The maximum Gasteiger partial charge on any atom is 0.387 e. The van der Waals surface area contributed by atoms with Crippen molar-refractivity contribution in [2.45, 2.75) is 26.5 Å². The predicted molar refractivity (Wildman–Crippen MR) is 91.4 cm³/mol. The van der Waals surface area contributed by atoms with E-state index in [1.807, 2.05) is 0 Å². The second-order valence-electron chi connectivity index (χ2n) is 4.46. The van der Waals surface area contributed by atoms with Gasteiger partial charge in [0.05, 0.1) is 6.61 Å². The first-order valence-corrected chi connectivity index (χ1v) is 6.91. The van der Waals surface area contributed by atoms with Crippen molar-refractivity contribution in [2.24, 2.45) is 4.99 Å². The first kappa shape index (κ1) is 18.7. The Morgan fingerprint density at radius 3 is 2.82 bits per heavy atom. The Morgan fingerprint density at radius 2 is 2.18 bits per heavy atom. The number of hydrogen-bond acceptors (Lipinski definition) is 5. The number of nitrogens with zero attached hydrogens (tertiary/aromatic N) is 1. The number of rotatable bonds is 6. The lowest BCUT2D eigenvalue weighted by Gasteiger charge is -2.17. The van der Waals surface area contributed by atoms with E-state index in [0.717, 1.165) is 31.0 Å². The Labute approximate surface area is 145 Å². The fourth-order valence-corrected chi connectivity index (χ4v) is 1.96. The highest BCUT2D eigenvalue weighted by molar-refractivity contribution is 14.0. The molecule has 0 radical (unpaired) electrons. The van der Waals surface area contributed by atoms with Crippen molar-refractivity contribution >= 4 is 29.9 Å². The van der Waals surface area contributed by atoms with Gasteiger partial charge in [-0.15, -0.1) is 24.0 Å². The molecule has 2 N–H and O–H groups in total. The zero-order valence-electron chi connectivity index (χ0n) is 12.3. The van der Waals surface area contributed by atoms with Crippen LogP contribution in [0.25, 0.3) is 0 Å². The van der Waals surface area contributed by atoms with Crippen molar-refractivity contribution in [3.05, 3.63) is 23.8 Å². The minimum Gasteiger partial charge on any atom is -0.490 e. The molecule has 8 heteroatoms. The Balaban J connectivity index is 0.00000242. The summed E-state index contributed by atoms with van der Waals surface area (Å²) in [5.41, 5.74) is 0.898. The molecule has 2 rings (SSSR count). The van der Waals surface area contributed by atoms with Crippen molar-refractivity contribution in [3.8, 4) is 11.5 Å². The van der Waals surface area contributed by atoms with Crippen molar-refractivity contribution in [1.82, 2.24) is 10.6 Å². The van der Waals surface area contributed by atoms with Gasteiger partial charge in [0.25, 0.3) is 0 Å². The molecular weight excluding hydrogens is 407 g/mol. The van der Waals surface area contributed by atoms with Crippen LogP contribution in [0.15, 0.2) is 23.2 Å². The minimum absolute atomic E-state index is 0. The van der Waals surface area contributed by atoms with Gasteiger partial charge in [-0.25, -0.2) is 0 Å². The molecule has 0 atom stereocenters. The summed E-state index contributed by atoms with van der Waals surface area (Å²) < 4.78 is 34.4. The minimum atomic E-state index is -2.87. The molecule has 1 aromatic carbocycles. The highest BCUT2D eigenvalue weighted by atomic mass is 127. The van der Waals surface area contributed by atoms with Crippen molar-refractivity contribution in [2.75, 3.05) is 19.7 Å². The van der Waals surface area contributed by atoms with Crippen LogP contribution in [-0.2, 0) is 6.54 Å². The summed E-state index contributed by atoms with van der Waals surface area (Å²) in [7, 11) is 0. The Hall–Kier alpha value is -1.32. The molecule has 0 spiro atoms. The van der Waals surface area contributed by atoms with Crippen molar-refractivity contribution < 1.29 is 18.3 Å². The highest BCUT2D eigenvalue weighted by Crippen LogP contribution is 2.29. The average Bonchev–Trinajstić information content (AvgIpc) is 2.48. The molecule has 124 valence electrons. The summed E-state index contributed by atoms with van der Waals surface area (Å²) >= 11 is 0. The van der Waals surface area contributed by atoms with E-state index in [0.29, 0.717) is 18.9 Å². The zero-order chi connectivity index (χ0) is 15.1. The summed E-state index contributed by atoms with van der Waals surface area (Å²) in [5.74, 6) is 1.12. The molecule has 0 saturated heterocycles. The van der Waals surface area contributed by atoms with Gasteiger partial charge in [0.2, 0.25) is 0 Å². The molecule has 1 aliphatic heterocycles. The van der Waals surface area contributed by atoms with E-state index < -0.39 is 6.61 Å². The van der Waals surface area contributed by atoms with Gasteiger partial charge in [-0.2, -0.15) is 8.78 Å². The molecule has 1 heterocycles. The number of hydrogen-bond donors (Lipinski definition) is 2. The highest BCUT2D eigenvalue weighted by Gasteiger charge is 2.12. The summed E-state index contributed by atoms with van der Waals surface area (Å²) in [6.45, 7) is 1.54. The SMILES string of the molecule is CCOc1cc(CNC2=NCCCN2)ccc1OC(F)F.I. The predicted octanol–water partition coefficient (Wildman–Crippen LogP) is 2.74. The molecule has 0 fully saturated rings. The van der Waals surface area contributed by atoms with Crippen LogP contribution >= 0.6 is 24.0 Å². The maximum absolute atomic E-state index is 12.3. The number of benzene rings is 1. The standard InChI is InChI=1S/C14H19F2N3O2.HI/c1-2-20-12-8-10(4-5-11(12)21-13(15)16)9-19-14-17-6-3-7-18-14;/h4-5,8,13H,2-3,6-7,9H2,1H3,(H2,17,18,19);1H. The Bertz CT molecular complexity index is 501. The molecule has 0 aromatic heterocycles. The monoisotopic (exact) mass is 427 g/mol. The number of nitrogens with one attached hydrogen (secondary N) is 2. The molecule has 1 aliphatic rings. The van der Waals surface area contributed by atoms with Gasteiger partial charge in [-0.05, 0) is 31.0 Å². The largest absolute Gasteiger partial charge is 0.490 e. The third-order valence-corrected chi connectivity index (χ3v) is 2.88. The normalized spacial score (nSPS) is 13.7. The summed E-state index contributed by atoms with van der Waals surface area (Å²) in [6, 6.07) is 4.90. The van der Waals surface area contributed by atoms with Gasteiger partial charge in [0.15, 0.2) is 17.5 Å². The lowest BCUT2D eigenvalue weighted by atomic mass is 10.2. The lowest BCUT2D eigenvalue weighted by Crippen LogP contribution is -2.40. The third kappa shape index (κ3) is 5.82. The van der Waals surface area contributed by atoms with E-state index in [-0.39, 0.29) is 29.7 Å². The molecule has 22 heavy (non-hydrogen) atoms. The Kier molecular flexibility index (Phi) is 8.21. The zero-order valence-corrected chi connectivity index (χ0v) is 14.6. The molecular formula is C14H20F2IN3O2. The van der Waals surface area contributed by atoms with Gasteiger partial charge in [0.1, 0.15) is 0 Å². The van der Waals surface area contributed by atoms with Crippen LogP contribution in [0.4, 0.5) is 8.78 Å². The van der Waals surface area contributed by atoms with Crippen LogP contribution in [0.3, 0.4) is 0 Å². The molecule has 0 unspecified atom stereocenters. The van der Waals surface area contributed by atoms with Gasteiger partial charge in [-0.1, -0.05) is 6.07 Å². The topological polar surface area (TPSA) is 54.9 Å². The fourth-order valence-electron chi connectivity index (χ4n) is 1.96. The van der Waals surface area contributed by atoms with Gasteiger partial charge in [-0.3, -0.25) is 4.99 Å². The maximum atomic E-state index is 12.3. The van der Waals surface area contributed by atoms with E-state index in [2.05, 4.69) is 20.4 Å². The second-order valence-corrected chi connectivity index (χ2v) is 4.46. The summed E-state index contributed by atoms with van der Waals surface area (Å²) in [6.07, 6.45) is 1.03. The first-order valence-electron chi connectivity index (χ1n) is 6.91. The Morgan fingerprint density at radius 1 is 1.36 bits per heavy atom. The van der Waals surface area contributed by atoms with Gasteiger partial charge in [0, 0.05) is 19.6 Å². The summed E-state index contributed by atoms with van der Waals surface area (Å²) in [5, 5.41) is 6.31. The smallest absolute Gasteiger partial charge is 0.387 e. The summed E-state index contributed by atoms with van der Waals surface area (Å²) in [4.78, 5) is 4.30. The van der Waals surface area contributed by atoms with Crippen LogP contribution in [0, 0.1) is 0 Å². The van der Waals surface area contributed by atoms with Crippen LogP contribution in [0.2, 0.25) is 0 Å².